The maximum Gasteiger partial charge on any atom is 0.250 e. The summed E-state index contributed by atoms with van der Waals surface area (Å²) >= 11 is 1.11. The van der Waals surface area contributed by atoms with Crippen LogP contribution in [-0.4, -0.2) is 40.0 Å². The van der Waals surface area contributed by atoms with E-state index in [-0.39, 0.29) is 35.1 Å². The van der Waals surface area contributed by atoms with Crippen LogP contribution in [0.4, 0.5) is 0 Å². The van der Waals surface area contributed by atoms with Gasteiger partial charge >= 0.3 is 0 Å². The van der Waals surface area contributed by atoms with Gasteiger partial charge in [-0.05, 0) is 24.9 Å². The fourth-order valence-corrected chi connectivity index (χ4v) is 3.42. The molecule has 0 aliphatic heterocycles. The highest BCUT2D eigenvalue weighted by atomic mass is 35.5. The van der Waals surface area contributed by atoms with Gasteiger partial charge in [0.05, 0.1) is 6.54 Å². The Hall–Kier alpha value is -0.670. The van der Waals surface area contributed by atoms with E-state index in [1.165, 1.54) is 6.07 Å². The molecule has 1 rings (SSSR count). The molecule has 0 radical (unpaired) electrons. The van der Waals surface area contributed by atoms with Gasteiger partial charge in [0.2, 0.25) is 5.91 Å². The van der Waals surface area contributed by atoms with Gasteiger partial charge in [0.25, 0.3) is 10.0 Å². The predicted molar refractivity (Wildman–Crippen MR) is 82.9 cm³/mol. The molecule has 0 aliphatic rings. The van der Waals surface area contributed by atoms with Gasteiger partial charge in [-0.3, -0.25) is 4.79 Å². The van der Waals surface area contributed by atoms with Crippen molar-refractivity contribution in [2.75, 3.05) is 19.6 Å². The molecule has 9 heteroatoms. The van der Waals surface area contributed by atoms with Crippen molar-refractivity contribution in [1.29, 1.82) is 0 Å². The number of hydrogen-bond donors (Lipinski definition) is 3. The molecule has 0 unspecified atom stereocenters. The summed E-state index contributed by atoms with van der Waals surface area (Å²) in [7, 11) is -3.57. The molecule has 0 saturated carbocycles. The zero-order valence-electron chi connectivity index (χ0n) is 11.4. The van der Waals surface area contributed by atoms with Gasteiger partial charge in [-0.2, -0.15) is 0 Å². The van der Waals surface area contributed by atoms with Crippen molar-refractivity contribution in [3.63, 3.8) is 0 Å². The Morgan fingerprint density at radius 1 is 1.45 bits per heavy atom. The second-order valence-corrected chi connectivity index (χ2v) is 6.96. The van der Waals surface area contributed by atoms with E-state index in [0.29, 0.717) is 6.54 Å². The molecular weight excluding hydrogens is 322 g/mol. The smallest absolute Gasteiger partial charge is 0.250 e. The second-order valence-electron chi connectivity index (χ2n) is 4.02. The van der Waals surface area contributed by atoms with Crippen LogP contribution in [0.25, 0.3) is 0 Å². The van der Waals surface area contributed by atoms with Gasteiger partial charge in [-0.1, -0.05) is 13.0 Å². The largest absolute Gasteiger partial charge is 0.353 e. The Morgan fingerprint density at radius 3 is 2.70 bits per heavy atom. The first-order valence-corrected chi connectivity index (χ1v) is 8.35. The average Bonchev–Trinajstić information content (AvgIpc) is 2.89. The van der Waals surface area contributed by atoms with Crippen LogP contribution in [0.5, 0.6) is 0 Å². The maximum absolute atomic E-state index is 11.7. The Morgan fingerprint density at radius 2 is 2.15 bits per heavy atom. The molecule has 20 heavy (non-hydrogen) atoms. The number of amides is 1. The van der Waals surface area contributed by atoms with Crippen LogP contribution in [0.1, 0.15) is 13.8 Å². The molecule has 0 aromatic carbocycles. The summed E-state index contributed by atoms with van der Waals surface area (Å²) in [5.74, 6) is -0.343. The SMILES string of the molecule is CCN[C@H](C)CNC(=O)CNS(=O)(=O)c1cccs1.Cl. The van der Waals surface area contributed by atoms with Crippen molar-refractivity contribution in [3.8, 4) is 0 Å². The Labute approximate surface area is 129 Å². The number of thiophene rings is 1. The van der Waals surface area contributed by atoms with E-state index in [0.717, 1.165) is 17.9 Å². The lowest BCUT2D eigenvalue weighted by atomic mass is 10.3. The molecule has 6 nitrogen and oxygen atoms in total. The monoisotopic (exact) mass is 341 g/mol. The van der Waals surface area contributed by atoms with Gasteiger partial charge in [-0.25, -0.2) is 13.1 Å². The summed E-state index contributed by atoms with van der Waals surface area (Å²) in [6.07, 6.45) is 0. The molecule has 116 valence electrons. The van der Waals surface area contributed by atoms with E-state index in [1.807, 2.05) is 13.8 Å². The first-order valence-electron chi connectivity index (χ1n) is 5.99. The third-order valence-corrected chi connectivity index (χ3v) is 5.14. The second kappa shape index (κ2) is 9.30. The van der Waals surface area contributed by atoms with E-state index < -0.39 is 10.0 Å². The number of hydrogen-bond acceptors (Lipinski definition) is 5. The summed E-state index contributed by atoms with van der Waals surface area (Å²) in [5.41, 5.74) is 0. The van der Waals surface area contributed by atoms with Crippen LogP contribution in [0.15, 0.2) is 21.7 Å². The average molecular weight is 342 g/mol. The number of nitrogens with one attached hydrogen (secondary N) is 3. The maximum atomic E-state index is 11.7. The van der Waals surface area contributed by atoms with Crippen LogP contribution in [0, 0.1) is 0 Å². The standard InChI is InChI=1S/C11H19N3O3S2.ClH/c1-3-12-9(2)7-13-10(15)8-14-19(16,17)11-5-4-6-18-11;/h4-6,9,12,14H,3,7-8H2,1-2H3,(H,13,15);1H/t9-;/m1./s1. The molecule has 0 spiro atoms. The van der Waals surface area contributed by atoms with Crippen molar-refractivity contribution in [1.82, 2.24) is 15.4 Å². The number of rotatable bonds is 8. The number of halogens is 1. The third-order valence-electron chi connectivity index (χ3n) is 2.34. The van der Waals surface area contributed by atoms with Crippen molar-refractivity contribution in [2.24, 2.45) is 0 Å². The molecule has 1 atom stereocenters. The highest BCUT2D eigenvalue weighted by molar-refractivity contribution is 7.91. The number of carbonyl (C=O) groups excluding carboxylic acids is 1. The van der Waals surface area contributed by atoms with E-state index in [9.17, 15) is 13.2 Å². The Kier molecular flexibility index (Phi) is 8.99. The van der Waals surface area contributed by atoms with Crippen LogP contribution < -0.4 is 15.4 Å². The normalized spacial score (nSPS) is 12.5. The molecule has 1 amide bonds. The van der Waals surface area contributed by atoms with Crippen LogP contribution in [0.2, 0.25) is 0 Å². The molecular formula is C11H20ClN3O3S2. The van der Waals surface area contributed by atoms with E-state index in [4.69, 9.17) is 0 Å². The summed E-state index contributed by atoms with van der Waals surface area (Å²) in [6, 6.07) is 3.30. The minimum absolute atomic E-state index is 0. The minimum Gasteiger partial charge on any atom is -0.353 e. The van der Waals surface area contributed by atoms with Crippen LogP contribution in [-0.2, 0) is 14.8 Å². The summed E-state index contributed by atoms with van der Waals surface area (Å²) in [6.45, 7) is 4.96. The van der Waals surface area contributed by atoms with Crippen molar-refractivity contribution >= 4 is 39.7 Å². The topological polar surface area (TPSA) is 87.3 Å². The lowest BCUT2D eigenvalue weighted by Gasteiger charge is -2.13. The minimum atomic E-state index is -3.57. The van der Waals surface area contributed by atoms with Crippen LogP contribution in [0.3, 0.4) is 0 Å². The quantitative estimate of drug-likeness (QED) is 0.645. The first-order chi connectivity index (χ1) is 8.95. The molecule has 1 aromatic heterocycles. The fourth-order valence-electron chi connectivity index (χ4n) is 1.40. The number of likely N-dealkylation sites (N-methyl/N-ethyl adjacent to an activating group) is 1. The van der Waals surface area contributed by atoms with Crippen LogP contribution >= 0.6 is 23.7 Å². The summed E-state index contributed by atoms with van der Waals surface area (Å²) in [5, 5.41) is 7.48. The highest BCUT2D eigenvalue weighted by Crippen LogP contribution is 2.14. The zero-order valence-corrected chi connectivity index (χ0v) is 13.8. The molecule has 0 saturated heterocycles. The fraction of sp³-hybridized carbons (Fsp3) is 0.545. The van der Waals surface area contributed by atoms with Crippen molar-refractivity contribution in [3.05, 3.63) is 17.5 Å². The van der Waals surface area contributed by atoms with Gasteiger partial charge in [-0.15, -0.1) is 23.7 Å². The van der Waals surface area contributed by atoms with E-state index in [2.05, 4.69) is 15.4 Å². The van der Waals surface area contributed by atoms with E-state index >= 15 is 0 Å². The molecule has 1 aromatic rings. The van der Waals surface area contributed by atoms with Crippen molar-refractivity contribution < 1.29 is 13.2 Å². The van der Waals surface area contributed by atoms with Gasteiger partial charge in [0, 0.05) is 12.6 Å². The van der Waals surface area contributed by atoms with Gasteiger partial charge in [0.1, 0.15) is 4.21 Å². The van der Waals surface area contributed by atoms with Crippen molar-refractivity contribution in [2.45, 2.75) is 24.1 Å². The predicted octanol–water partition coefficient (Wildman–Crippen LogP) is 0.562. The number of sulfonamides is 1. The highest BCUT2D eigenvalue weighted by Gasteiger charge is 2.16. The lowest BCUT2D eigenvalue weighted by Crippen LogP contribution is -2.42. The zero-order chi connectivity index (χ0) is 14.3. The molecule has 0 bridgehead atoms. The van der Waals surface area contributed by atoms with E-state index in [1.54, 1.807) is 11.4 Å². The Bertz CT molecular complexity index is 491. The summed E-state index contributed by atoms with van der Waals surface area (Å²) in [4.78, 5) is 11.5. The third kappa shape index (κ3) is 6.67. The Balaban J connectivity index is 0.00000361. The lowest BCUT2D eigenvalue weighted by molar-refractivity contribution is -0.120. The van der Waals surface area contributed by atoms with Gasteiger partial charge < -0.3 is 10.6 Å². The molecule has 1 heterocycles. The molecule has 3 N–H and O–H groups in total. The number of carbonyl (C=O) groups is 1. The molecule has 0 aliphatic carbocycles. The first kappa shape index (κ1) is 19.3. The molecule has 0 fully saturated rings. The van der Waals surface area contributed by atoms with Gasteiger partial charge in [0.15, 0.2) is 0 Å². The summed E-state index contributed by atoms with van der Waals surface area (Å²) < 4.78 is 26.0.